The van der Waals surface area contributed by atoms with Crippen molar-refractivity contribution in [3.8, 4) is 0 Å². The summed E-state index contributed by atoms with van der Waals surface area (Å²) in [5.41, 5.74) is 1.20. The van der Waals surface area contributed by atoms with Crippen molar-refractivity contribution in [1.29, 1.82) is 0 Å². The first-order chi connectivity index (χ1) is 9.56. The summed E-state index contributed by atoms with van der Waals surface area (Å²) in [6, 6.07) is 7.91. The molecule has 3 rings (SSSR count). The second kappa shape index (κ2) is 4.72. The molecule has 1 heterocycles. The summed E-state index contributed by atoms with van der Waals surface area (Å²) in [6.45, 7) is 0. The molecule has 100 valence electrons. The number of benzene rings is 2. The van der Waals surface area contributed by atoms with Crippen molar-refractivity contribution >= 4 is 28.3 Å². The van der Waals surface area contributed by atoms with Gasteiger partial charge in [-0.3, -0.25) is 4.79 Å². The molecule has 0 aliphatic carbocycles. The highest BCUT2D eigenvalue weighted by Crippen LogP contribution is 2.24. The van der Waals surface area contributed by atoms with E-state index in [0.29, 0.717) is 16.5 Å². The number of hydrogen-bond donors (Lipinski definition) is 1. The van der Waals surface area contributed by atoms with Gasteiger partial charge in [0.1, 0.15) is 11.6 Å². The SMILES string of the molecule is O=C(c1ccc(F)c(Cl)c1)c1c[nH]c2cc(F)ccc12. The van der Waals surface area contributed by atoms with E-state index in [2.05, 4.69) is 4.98 Å². The van der Waals surface area contributed by atoms with Crippen molar-refractivity contribution in [2.45, 2.75) is 0 Å². The zero-order chi connectivity index (χ0) is 14.3. The van der Waals surface area contributed by atoms with Crippen molar-refractivity contribution in [2.24, 2.45) is 0 Å². The lowest BCUT2D eigenvalue weighted by Crippen LogP contribution is -2.00. The lowest BCUT2D eigenvalue weighted by atomic mass is 10.0. The Morgan fingerprint density at radius 1 is 1.10 bits per heavy atom. The third-order valence-electron chi connectivity index (χ3n) is 3.07. The molecule has 20 heavy (non-hydrogen) atoms. The van der Waals surface area contributed by atoms with E-state index in [0.717, 1.165) is 6.07 Å². The van der Waals surface area contributed by atoms with Crippen LogP contribution in [0, 0.1) is 11.6 Å². The van der Waals surface area contributed by atoms with Crippen LogP contribution < -0.4 is 0 Å². The predicted molar refractivity (Wildman–Crippen MR) is 73.1 cm³/mol. The van der Waals surface area contributed by atoms with Gasteiger partial charge in [-0.15, -0.1) is 0 Å². The minimum Gasteiger partial charge on any atom is -0.360 e. The average Bonchev–Trinajstić information content (AvgIpc) is 2.84. The van der Waals surface area contributed by atoms with Crippen LogP contribution in [0.4, 0.5) is 8.78 Å². The number of hydrogen-bond acceptors (Lipinski definition) is 1. The summed E-state index contributed by atoms with van der Waals surface area (Å²) >= 11 is 5.67. The minimum absolute atomic E-state index is 0.110. The first kappa shape index (κ1) is 12.8. The summed E-state index contributed by atoms with van der Waals surface area (Å²) in [6.07, 6.45) is 1.50. The lowest BCUT2D eigenvalue weighted by molar-refractivity contribution is 0.104. The van der Waals surface area contributed by atoms with Crippen LogP contribution in [0.1, 0.15) is 15.9 Å². The molecule has 0 atom stereocenters. The van der Waals surface area contributed by atoms with Crippen LogP contribution in [0.2, 0.25) is 5.02 Å². The Bertz CT molecular complexity index is 826. The molecule has 1 aromatic heterocycles. The smallest absolute Gasteiger partial charge is 0.195 e. The maximum Gasteiger partial charge on any atom is 0.195 e. The number of halogens is 3. The summed E-state index contributed by atoms with van der Waals surface area (Å²) in [4.78, 5) is 15.2. The van der Waals surface area contributed by atoms with Crippen LogP contribution in [-0.2, 0) is 0 Å². The van der Waals surface area contributed by atoms with E-state index in [-0.39, 0.29) is 22.2 Å². The van der Waals surface area contributed by atoms with Gasteiger partial charge in [-0.1, -0.05) is 11.6 Å². The Hall–Kier alpha value is -2.20. The summed E-state index contributed by atoms with van der Waals surface area (Å²) in [5, 5.41) is 0.499. The van der Waals surface area contributed by atoms with Gasteiger partial charge in [0.25, 0.3) is 0 Å². The zero-order valence-corrected chi connectivity index (χ0v) is 10.8. The maximum absolute atomic E-state index is 13.1. The summed E-state index contributed by atoms with van der Waals surface area (Å²) < 4.78 is 26.2. The van der Waals surface area contributed by atoms with Gasteiger partial charge in [-0.05, 0) is 36.4 Å². The van der Waals surface area contributed by atoms with E-state index in [4.69, 9.17) is 11.6 Å². The number of carbonyl (C=O) groups excluding carboxylic acids is 1. The number of aromatic amines is 1. The number of rotatable bonds is 2. The van der Waals surface area contributed by atoms with Crippen LogP contribution in [0.5, 0.6) is 0 Å². The maximum atomic E-state index is 13.1. The van der Waals surface area contributed by atoms with E-state index >= 15 is 0 Å². The number of H-pyrrole nitrogens is 1. The third-order valence-corrected chi connectivity index (χ3v) is 3.36. The fourth-order valence-electron chi connectivity index (χ4n) is 2.08. The van der Waals surface area contributed by atoms with Crippen molar-refractivity contribution in [3.63, 3.8) is 0 Å². The largest absolute Gasteiger partial charge is 0.360 e. The van der Waals surface area contributed by atoms with E-state index in [1.807, 2.05) is 0 Å². The van der Waals surface area contributed by atoms with Gasteiger partial charge in [-0.2, -0.15) is 0 Å². The van der Waals surface area contributed by atoms with Gasteiger partial charge >= 0.3 is 0 Å². The molecule has 0 amide bonds. The molecule has 0 saturated heterocycles. The van der Waals surface area contributed by atoms with E-state index < -0.39 is 5.82 Å². The molecule has 0 fully saturated rings. The molecular formula is C15H8ClF2NO. The molecule has 0 spiro atoms. The Kier molecular flexibility index (Phi) is 3.03. The second-order valence-corrected chi connectivity index (χ2v) is 4.76. The molecule has 0 radical (unpaired) electrons. The Morgan fingerprint density at radius 2 is 1.90 bits per heavy atom. The first-order valence-electron chi connectivity index (χ1n) is 5.82. The quantitative estimate of drug-likeness (QED) is 0.700. The molecule has 0 aliphatic rings. The molecule has 0 saturated carbocycles. The number of fused-ring (bicyclic) bond motifs is 1. The van der Waals surface area contributed by atoms with E-state index in [9.17, 15) is 13.6 Å². The third kappa shape index (κ3) is 2.08. The molecule has 3 aromatic rings. The fraction of sp³-hybridized carbons (Fsp3) is 0. The van der Waals surface area contributed by atoms with Gasteiger partial charge in [0.2, 0.25) is 0 Å². The minimum atomic E-state index is -0.579. The highest BCUT2D eigenvalue weighted by atomic mass is 35.5. The first-order valence-corrected chi connectivity index (χ1v) is 6.20. The molecule has 1 N–H and O–H groups in total. The Labute approximate surface area is 118 Å². The molecule has 0 aliphatic heterocycles. The van der Waals surface area contributed by atoms with Crippen LogP contribution >= 0.6 is 11.6 Å². The number of nitrogens with one attached hydrogen (secondary N) is 1. The lowest BCUT2D eigenvalue weighted by Gasteiger charge is -2.01. The zero-order valence-electron chi connectivity index (χ0n) is 10.1. The normalized spacial score (nSPS) is 10.9. The highest BCUT2D eigenvalue weighted by molar-refractivity contribution is 6.31. The Balaban J connectivity index is 2.10. The van der Waals surface area contributed by atoms with Crippen LogP contribution in [0.15, 0.2) is 42.6 Å². The van der Waals surface area contributed by atoms with E-state index in [1.54, 1.807) is 0 Å². The summed E-state index contributed by atoms with van der Waals surface area (Å²) in [7, 11) is 0. The van der Waals surface area contributed by atoms with Crippen molar-refractivity contribution in [2.75, 3.05) is 0 Å². The molecule has 2 aromatic carbocycles. The second-order valence-electron chi connectivity index (χ2n) is 4.35. The van der Waals surface area contributed by atoms with Crippen LogP contribution in [0.25, 0.3) is 10.9 Å². The topological polar surface area (TPSA) is 32.9 Å². The van der Waals surface area contributed by atoms with Crippen molar-refractivity contribution in [3.05, 3.63) is 70.4 Å². The van der Waals surface area contributed by atoms with Crippen molar-refractivity contribution in [1.82, 2.24) is 4.98 Å². The van der Waals surface area contributed by atoms with Crippen LogP contribution in [-0.4, -0.2) is 10.8 Å². The Morgan fingerprint density at radius 3 is 2.65 bits per heavy atom. The number of aromatic nitrogens is 1. The molecular weight excluding hydrogens is 284 g/mol. The molecule has 0 unspecified atom stereocenters. The van der Waals surface area contributed by atoms with Crippen LogP contribution in [0.3, 0.4) is 0 Å². The monoisotopic (exact) mass is 291 g/mol. The van der Waals surface area contributed by atoms with Gasteiger partial charge in [-0.25, -0.2) is 8.78 Å². The average molecular weight is 292 g/mol. The standard InChI is InChI=1S/C15H8ClF2NO/c16-12-5-8(1-4-13(12)18)15(20)11-7-19-14-6-9(17)2-3-10(11)14/h1-7,19H. The highest BCUT2D eigenvalue weighted by Gasteiger charge is 2.15. The summed E-state index contributed by atoms with van der Waals surface area (Å²) in [5.74, 6) is -1.27. The number of carbonyl (C=O) groups is 1. The fourth-order valence-corrected chi connectivity index (χ4v) is 2.26. The van der Waals surface area contributed by atoms with E-state index in [1.165, 1.54) is 36.5 Å². The molecule has 5 heteroatoms. The van der Waals surface area contributed by atoms with Gasteiger partial charge in [0, 0.05) is 28.2 Å². The molecule has 0 bridgehead atoms. The van der Waals surface area contributed by atoms with Gasteiger partial charge in [0.05, 0.1) is 5.02 Å². The van der Waals surface area contributed by atoms with Crippen molar-refractivity contribution < 1.29 is 13.6 Å². The van der Waals surface area contributed by atoms with Gasteiger partial charge < -0.3 is 4.98 Å². The predicted octanol–water partition coefficient (Wildman–Crippen LogP) is 4.33. The number of ketones is 1. The van der Waals surface area contributed by atoms with Gasteiger partial charge in [0.15, 0.2) is 5.78 Å². The molecule has 2 nitrogen and oxygen atoms in total.